The maximum absolute atomic E-state index is 11.0. The van der Waals surface area contributed by atoms with Crippen LogP contribution in [0, 0.1) is 17.0 Å². The van der Waals surface area contributed by atoms with E-state index < -0.39 is 4.92 Å². The Hall–Kier alpha value is -1.85. The van der Waals surface area contributed by atoms with Crippen LogP contribution in [0.4, 0.5) is 11.5 Å². The van der Waals surface area contributed by atoms with Crippen LogP contribution in [0.5, 0.6) is 0 Å². The molecule has 1 N–H and O–H groups in total. The Labute approximate surface area is 100 Å². The van der Waals surface area contributed by atoms with E-state index in [2.05, 4.69) is 17.0 Å². The lowest BCUT2D eigenvalue weighted by molar-refractivity contribution is -0.384. The molecule has 0 fully saturated rings. The van der Waals surface area contributed by atoms with Crippen molar-refractivity contribution >= 4 is 11.5 Å². The van der Waals surface area contributed by atoms with Crippen LogP contribution in [0.25, 0.3) is 0 Å². The van der Waals surface area contributed by atoms with E-state index in [1.165, 1.54) is 0 Å². The van der Waals surface area contributed by atoms with Crippen molar-refractivity contribution in [2.75, 3.05) is 11.9 Å². The summed E-state index contributed by atoms with van der Waals surface area (Å²) in [6, 6.07) is 0. The summed E-state index contributed by atoms with van der Waals surface area (Å²) in [6.45, 7) is 10.5. The van der Waals surface area contributed by atoms with Gasteiger partial charge in [-0.2, -0.15) is 5.10 Å². The number of aryl methyl sites for hydroxylation is 2. The Kier molecular flexibility index (Phi) is 4.25. The van der Waals surface area contributed by atoms with E-state index in [0.29, 0.717) is 24.6 Å². The fraction of sp³-hybridized carbons (Fsp3) is 0.545. The second kappa shape index (κ2) is 5.47. The highest BCUT2D eigenvalue weighted by atomic mass is 16.6. The Balaban J connectivity index is 3.10. The van der Waals surface area contributed by atoms with Crippen molar-refractivity contribution < 1.29 is 4.92 Å². The molecule has 0 bridgehead atoms. The molecule has 0 atom stereocenters. The zero-order valence-electron chi connectivity index (χ0n) is 10.5. The third-order valence-corrected chi connectivity index (χ3v) is 2.27. The molecule has 17 heavy (non-hydrogen) atoms. The Morgan fingerprint density at radius 2 is 2.29 bits per heavy atom. The number of rotatable bonds is 6. The van der Waals surface area contributed by atoms with Crippen molar-refractivity contribution in [1.82, 2.24) is 9.78 Å². The lowest BCUT2D eigenvalue weighted by atomic mass is 10.3. The average Bonchev–Trinajstić information content (AvgIpc) is 2.52. The largest absolute Gasteiger partial charge is 0.361 e. The molecule has 0 aliphatic heterocycles. The van der Waals surface area contributed by atoms with Gasteiger partial charge in [-0.1, -0.05) is 19.1 Å². The third-order valence-electron chi connectivity index (χ3n) is 2.27. The molecular formula is C11H18N4O2. The van der Waals surface area contributed by atoms with Crippen LogP contribution in [-0.2, 0) is 6.54 Å². The van der Waals surface area contributed by atoms with Gasteiger partial charge in [0.2, 0.25) is 5.82 Å². The van der Waals surface area contributed by atoms with E-state index in [4.69, 9.17) is 0 Å². The van der Waals surface area contributed by atoms with Gasteiger partial charge in [0.1, 0.15) is 5.69 Å². The third kappa shape index (κ3) is 3.05. The van der Waals surface area contributed by atoms with Crippen molar-refractivity contribution in [3.05, 3.63) is 28.0 Å². The Morgan fingerprint density at radius 3 is 2.76 bits per heavy atom. The molecule has 1 aromatic rings. The molecule has 0 aliphatic rings. The highest BCUT2D eigenvalue weighted by molar-refractivity contribution is 5.59. The van der Waals surface area contributed by atoms with Gasteiger partial charge in [-0.15, -0.1) is 0 Å². The van der Waals surface area contributed by atoms with E-state index in [-0.39, 0.29) is 5.69 Å². The molecule has 94 valence electrons. The van der Waals surface area contributed by atoms with E-state index in [9.17, 15) is 10.1 Å². The van der Waals surface area contributed by atoms with E-state index in [1.807, 2.05) is 13.8 Å². The molecular weight excluding hydrogens is 220 g/mol. The molecule has 0 saturated carbocycles. The van der Waals surface area contributed by atoms with Gasteiger partial charge in [-0.05, 0) is 20.3 Å². The van der Waals surface area contributed by atoms with Gasteiger partial charge in [-0.25, -0.2) is 4.68 Å². The van der Waals surface area contributed by atoms with Gasteiger partial charge in [0.25, 0.3) is 0 Å². The SMILES string of the molecule is C=C(C)CNc1c([N+](=O)[O-])c(C)nn1CCC. The normalized spacial score (nSPS) is 10.3. The van der Waals surface area contributed by atoms with Gasteiger partial charge in [0, 0.05) is 13.1 Å². The maximum Gasteiger partial charge on any atom is 0.333 e. The minimum Gasteiger partial charge on any atom is -0.361 e. The van der Waals surface area contributed by atoms with Crippen molar-refractivity contribution in [3.8, 4) is 0 Å². The average molecular weight is 238 g/mol. The zero-order valence-corrected chi connectivity index (χ0v) is 10.5. The molecule has 1 aromatic heterocycles. The Morgan fingerprint density at radius 1 is 1.65 bits per heavy atom. The summed E-state index contributed by atoms with van der Waals surface area (Å²) >= 11 is 0. The molecule has 1 rings (SSSR count). The molecule has 1 heterocycles. The zero-order chi connectivity index (χ0) is 13.0. The number of anilines is 1. The van der Waals surface area contributed by atoms with Gasteiger partial charge < -0.3 is 5.32 Å². The van der Waals surface area contributed by atoms with Crippen LogP contribution in [-0.4, -0.2) is 21.2 Å². The van der Waals surface area contributed by atoms with E-state index in [0.717, 1.165) is 12.0 Å². The van der Waals surface area contributed by atoms with Gasteiger partial charge in [0.05, 0.1) is 4.92 Å². The molecule has 0 radical (unpaired) electrons. The van der Waals surface area contributed by atoms with Crippen LogP contribution in [0.3, 0.4) is 0 Å². The second-order valence-electron chi connectivity index (χ2n) is 4.07. The summed E-state index contributed by atoms with van der Waals surface area (Å²) < 4.78 is 1.65. The molecule has 0 aliphatic carbocycles. The monoisotopic (exact) mass is 238 g/mol. The second-order valence-corrected chi connectivity index (χ2v) is 4.07. The molecule has 0 unspecified atom stereocenters. The number of hydrogen-bond donors (Lipinski definition) is 1. The highest BCUT2D eigenvalue weighted by Gasteiger charge is 2.24. The molecule has 0 spiro atoms. The van der Waals surface area contributed by atoms with Crippen LogP contribution in [0.2, 0.25) is 0 Å². The molecule has 6 nitrogen and oxygen atoms in total. The van der Waals surface area contributed by atoms with Crippen LogP contribution in [0.15, 0.2) is 12.2 Å². The summed E-state index contributed by atoms with van der Waals surface area (Å²) in [5, 5.41) is 18.2. The van der Waals surface area contributed by atoms with Crippen molar-refractivity contribution in [3.63, 3.8) is 0 Å². The summed E-state index contributed by atoms with van der Waals surface area (Å²) in [6.07, 6.45) is 0.875. The summed E-state index contributed by atoms with van der Waals surface area (Å²) in [5.41, 5.74) is 1.41. The van der Waals surface area contributed by atoms with Crippen molar-refractivity contribution in [2.45, 2.75) is 33.7 Å². The van der Waals surface area contributed by atoms with Crippen LogP contribution >= 0.6 is 0 Å². The van der Waals surface area contributed by atoms with Crippen molar-refractivity contribution in [2.24, 2.45) is 0 Å². The summed E-state index contributed by atoms with van der Waals surface area (Å²) in [7, 11) is 0. The molecule has 6 heteroatoms. The van der Waals surface area contributed by atoms with E-state index >= 15 is 0 Å². The predicted molar refractivity (Wildman–Crippen MR) is 67.2 cm³/mol. The molecule has 0 amide bonds. The van der Waals surface area contributed by atoms with Gasteiger partial charge in [0.15, 0.2) is 0 Å². The number of aromatic nitrogens is 2. The predicted octanol–water partition coefficient (Wildman–Crippen LogP) is 2.50. The first-order valence-electron chi connectivity index (χ1n) is 5.57. The standard InChI is InChI=1S/C11H18N4O2/c1-5-6-14-11(12-7-8(2)3)10(15(16)17)9(4)13-14/h12H,2,5-7H2,1,3-4H3. The minimum atomic E-state index is -0.394. The number of nitro groups is 1. The summed E-state index contributed by atoms with van der Waals surface area (Å²) in [5.74, 6) is 0.470. The molecule has 0 aromatic carbocycles. The maximum atomic E-state index is 11.0. The summed E-state index contributed by atoms with van der Waals surface area (Å²) in [4.78, 5) is 10.6. The highest BCUT2D eigenvalue weighted by Crippen LogP contribution is 2.28. The van der Waals surface area contributed by atoms with E-state index in [1.54, 1.807) is 11.6 Å². The number of hydrogen-bond acceptors (Lipinski definition) is 4. The fourth-order valence-corrected chi connectivity index (χ4v) is 1.57. The van der Waals surface area contributed by atoms with Crippen LogP contribution in [0.1, 0.15) is 26.0 Å². The van der Waals surface area contributed by atoms with Gasteiger partial charge >= 0.3 is 5.69 Å². The minimum absolute atomic E-state index is 0.0553. The van der Waals surface area contributed by atoms with Gasteiger partial charge in [-0.3, -0.25) is 10.1 Å². The van der Waals surface area contributed by atoms with Crippen LogP contribution < -0.4 is 5.32 Å². The topological polar surface area (TPSA) is 73.0 Å². The smallest absolute Gasteiger partial charge is 0.333 e. The first-order chi connectivity index (χ1) is 7.97. The molecule has 0 saturated heterocycles. The Bertz CT molecular complexity index is 437. The number of nitrogens with zero attached hydrogens (tertiary/aromatic N) is 3. The fourth-order valence-electron chi connectivity index (χ4n) is 1.57. The lowest BCUT2D eigenvalue weighted by Gasteiger charge is -2.07. The first-order valence-corrected chi connectivity index (χ1v) is 5.57. The number of nitrogens with one attached hydrogen (secondary N) is 1. The lowest BCUT2D eigenvalue weighted by Crippen LogP contribution is -2.10. The first kappa shape index (κ1) is 13.2. The quantitative estimate of drug-likeness (QED) is 0.469. The van der Waals surface area contributed by atoms with Crippen molar-refractivity contribution in [1.29, 1.82) is 0 Å².